The van der Waals surface area contributed by atoms with Gasteiger partial charge < -0.3 is 10.1 Å². The van der Waals surface area contributed by atoms with Gasteiger partial charge in [-0.05, 0) is 85.7 Å². The molecule has 180 valence electrons. The molecule has 8 nitrogen and oxygen atoms in total. The van der Waals surface area contributed by atoms with Crippen LogP contribution in [0.5, 0.6) is 5.75 Å². The van der Waals surface area contributed by atoms with Crippen LogP contribution < -0.4 is 26.2 Å². The van der Waals surface area contributed by atoms with E-state index in [0.717, 1.165) is 15.6 Å². The number of benzene rings is 3. The number of aryl methyl sites for hydroxylation is 2. The summed E-state index contributed by atoms with van der Waals surface area (Å²) in [6, 6.07) is 19.1. The van der Waals surface area contributed by atoms with Crippen LogP contribution in [0, 0.1) is 13.8 Å². The summed E-state index contributed by atoms with van der Waals surface area (Å²) in [6.07, 6.45) is 0. The summed E-state index contributed by atoms with van der Waals surface area (Å²) in [5, 5.41) is 5.14. The fourth-order valence-corrected chi connectivity index (χ4v) is 3.67. The molecular weight excluding hydrogens is 532 g/mol. The number of carbonyl (C=O) groups is 3. The minimum atomic E-state index is -0.479. The Bertz CT molecular complexity index is 1260. The molecule has 3 amide bonds. The molecule has 0 saturated heterocycles. The minimum Gasteiger partial charge on any atom is -0.483 e. The summed E-state index contributed by atoms with van der Waals surface area (Å²) < 4.78 is 6.40. The molecular formula is C25H23BrN4O4S. The second kappa shape index (κ2) is 12.1. The fourth-order valence-electron chi connectivity index (χ4n) is 3.03. The van der Waals surface area contributed by atoms with E-state index in [2.05, 4.69) is 37.4 Å². The SMILES string of the molecule is Cc1cc(Br)ccc1OCC(=O)NC(=S)NNC(=O)c1ccc(NC(=O)c2ccccc2C)cc1. The molecule has 0 heterocycles. The zero-order valence-corrected chi connectivity index (χ0v) is 21.4. The molecule has 0 radical (unpaired) electrons. The lowest BCUT2D eigenvalue weighted by molar-refractivity contribution is -0.121. The van der Waals surface area contributed by atoms with E-state index in [1.54, 1.807) is 42.5 Å². The van der Waals surface area contributed by atoms with Crippen LogP contribution in [-0.2, 0) is 4.79 Å². The van der Waals surface area contributed by atoms with Gasteiger partial charge in [-0.3, -0.25) is 30.6 Å². The number of hydrogen-bond donors (Lipinski definition) is 4. The number of rotatable bonds is 6. The van der Waals surface area contributed by atoms with Crippen molar-refractivity contribution < 1.29 is 19.1 Å². The molecule has 0 atom stereocenters. The number of ether oxygens (including phenoxy) is 1. The van der Waals surface area contributed by atoms with Crippen molar-refractivity contribution in [2.45, 2.75) is 13.8 Å². The number of anilines is 1. The van der Waals surface area contributed by atoms with E-state index < -0.39 is 11.8 Å². The molecule has 0 bridgehead atoms. The predicted octanol–water partition coefficient (Wildman–Crippen LogP) is 4.03. The summed E-state index contributed by atoms with van der Waals surface area (Å²) in [7, 11) is 0. The Labute approximate surface area is 216 Å². The van der Waals surface area contributed by atoms with Gasteiger partial charge in [-0.2, -0.15) is 0 Å². The van der Waals surface area contributed by atoms with Crippen molar-refractivity contribution in [2.75, 3.05) is 11.9 Å². The monoisotopic (exact) mass is 554 g/mol. The third-order valence-corrected chi connectivity index (χ3v) is 5.53. The van der Waals surface area contributed by atoms with Gasteiger partial charge in [0.1, 0.15) is 5.75 Å². The number of carbonyl (C=O) groups excluding carboxylic acids is 3. The normalized spacial score (nSPS) is 10.1. The molecule has 10 heteroatoms. The number of hydrogen-bond acceptors (Lipinski definition) is 5. The van der Waals surface area contributed by atoms with Crippen LogP contribution in [0.25, 0.3) is 0 Å². The van der Waals surface area contributed by atoms with E-state index in [4.69, 9.17) is 17.0 Å². The third kappa shape index (κ3) is 7.62. The van der Waals surface area contributed by atoms with Crippen LogP contribution in [0.3, 0.4) is 0 Å². The molecule has 0 aromatic heterocycles. The zero-order chi connectivity index (χ0) is 25.4. The first-order valence-electron chi connectivity index (χ1n) is 10.5. The van der Waals surface area contributed by atoms with Crippen LogP contribution in [0.1, 0.15) is 31.8 Å². The maximum atomic E-state index is 12.4. The number of thiocarbonyl (C=S) groups is 1. The average molecular weight is 555 g/mol. The van der Waals surface area contributed by atoms with E-state index in [-0.39, 0.29) is 17.6 Å². The van der Waals surface area contributed by atoms with Gasteiger partial charge in [-0.15, -0.1) is 0 Å². The molecule has 3 aromatic rings. The first kappa shape index (κ1) is 25.9. The quantitative estimate of drug-likeness (QED) is 0.270. The first-order chi connectivity index (χ1) is 16.7. The second-order valence-electron chi connectivity index (χ2n) is 7.50. The van der Waals surface area contributed by atoms with E-state index in [9.17, 15) is 14.4 Å². The highest BCUT2D eigenvalue weighted by atomic mass is 79.9. The summed E-state index contributed by atoms with van der Waals surface area (Å²) >= 11 is 8.40. The van der Waals surface area contributed by atoms with Crippen molar-refractivity contribution in [3.8, 4) is 5.75 Å². The van der Waals surface area contributed by atoms with Crippen LogP contribution in [0.4, 0.5) is 5.69 Å². The van der Waals surface area contributed by atoms with Crippen LogP contribution in [0.2, 0.25) is 0 Å². The van der Waals surface area contributed by atoms with Gasteiger partial charge in [0.15, 0.2) is 11.7 Å². The zero-order valence-electron chi connectivity index (χ0n) is 19.0. The Morgan fingerprint density at radius 3 is 2.29 bits per heavy atom. The lowest BCUT2D eigenvalue weighted by atomic mass is 10.1. The number of halogens is 1. The predicted molar refractivity (Wildman–Crippen MR) is 141 cm³/mol. The molecule has 0 saturated carbocycles. The molecule has 0 fully saturated rings. The molecule has 35 heavy (non-hydrogen) atoms. The first-order valence-corrected chi connectivity index (χ1v) is 11.7. The third-order valence-electron chi connectivity index (χ3n) is 4.83. The maximum Gasteiger partial charge on any atom is 0.269 e. The summed E-state index contributed by atoms with van der Waals surface area (Å²) in [4.78, 5) is 36.8. The molecule has 0 spiro atoms. The minimum absolute atomic E-state index is 0.0819. The highest BCUT2D eigenvalue weighted by molar-refractivity contribution is 9.10. The summed E-state index contributed by atoms with van der Waals surface area (Å²) in [5.41, 5.74) is 8.07. The van der Waals surface area contributed by atoms with Crippen LogP contribution >= 0.6 is 28.1 Å². The van der Waals surface area contributed by atoms with Crippen molar-refractivity contribution in [3.63, 3.8) is 0 Å². The van der Waals surface area contributed by atoms with Gasteiger partial charge in [0.25, 0.3) is 17.7 Å². The lowest BCUT2D eigenvalue weighted by Crippen LogP contribution is -2.49. The standard InChI is InChI=1S/C25H23BrN4O4S/c1-15-5-3-4-6-20(15)24(33)27-19-10-7-17(8-11-19)23(32)29-30-25(35)28-22(31)14-34-21-12-9-18(26)13-16(21)2/h3-13H,14H2,1-2H3,(H,27,33)(H,29,32)(H2,28,30,31,35). The number of hydrazine groups is 1. The van der Waals surface area contributed by atoms with Gasteiger partial charge >= 0.3 is 0 Å². The van der Waals surface area contributed by atoms with E-state index in [0.29, 0.717) is 22.6 Å². The molecule has 0 aliphatic heterocycles. The summed E-state index contributed by atoms with van der Waals surface area (Å²) in [5.74, 6) is -0.607. The maximum absolute atomic E-state index is 12.4. The van der Waals surface area contributed by atoms with Gasteiger partial charge in [0.05, 0.1) is 0 Å². The Balaban J connectivity index is 1.44. The molecule has 0 aliphatic rings. The fraction of sp³-hybridized carbons (Fsp3) is 0.120. The van der Waals surface area contributed by atoms with E-state index in [1.165, 1.54) is 0 Å². The van der Waals surface area contributed by atoms with Gasteiger partial charge in [0.2, 0.25) is 0 Å². The molecule has 0 aliphatic carbocycles. The van der Waals surface area contributed by atoms with Crippen molar-refractivity contribution in [1.82, 2.24) is 16.2 Å². The molecule has 4 N–H and O–H groups in total. The molecule has 3 aromatic carbocycles. The Kier molecular flexibility index (Phi) is 8.93. The Morgan fingerprint density at radius 2 is 1.60 bits per heavy atom. The van der Waals surface area contributed by atoms with Crippen molar-refractivity contribution in [3.05, 3.63) is 93.5 Å². The summed E-state index contributed by atoms with van der Waals surface area (Å²) in [6.45, 7) is 3.48. The number of nitrogens with one attached hydrogen (secondary N) is 4. The Hall–Kier alpha value is -3.76. The smallest absolute Gasteiger partial charge is 0.269 e. The van der Waals surface area contributed by atoms with Gasteiger partial charge in [-0.1, -0.05) is 34.1 Å². The molecule has 3 rings (SSSR count). The van der Waals surface area contributed by atoms with Crippen molar-refractivity contribution in [1.29, 1.82) is 0 Å². The molecule has 0 unspecified atom stereocenters. The largest absolute Gasteiger partial charge is 0.483 e. The number of amides is 3. The van der Waals surface area contributed by atoms with E-state index >= 15 is 0 Å². The Morgan fingerprint density at radius 1 is 0.886 bits per heavy atom. The second-order valence-corrected chi connectivity index (χ2v) is 8.83. The van der Waals surface area contributed by atoms with Crippen LogP contribution in [-0.4, -0.2) is 29.4 Å². The highest BCUT2D eigenvalue weighted by Crippen LogP contribution is 2.22. The lowest BCUT2D eigenvalue weighted by Gasteiger charge is -2.12. The highest BCUT2D eigenvalue weighted by Gasteiger charge is 2.11. The van der Waals surface area contributed by atoms with Gasteiger partial charge in [-0.25, -0.2) is 0 Å². The van der Waals surface area contributed by atoms with E-state index in [1.807, 2.05) is 38.1 Å². The topological polar surface area (TPSA) is 109 Å². The average Bonchev–Trinajstić information content (AvgIpc) is 2.82. The van der Waals surface area contributed by atoms with Crippen molar-refractivity contribution in [2.24, 2.45) is 0 Å². The van der Waals surface area contributed by atoms with Crippen molar-refractivity contribution >= 4 is 56.7 Å². The van der Waals surface area contributed by atoms with Gasteiger partial charge in [0, 0.05) is 21.3 Å². The van der Waals surface area contributed by atoms with Crippen LogP contribution in [0.15, 0.2) is 71.2 Å².